The van der Waals surface area contributed by atoms with E-state index in [0.717, 1.165) is 35.1 Å². The average Bonchev–Trinajstić information content (AvgIpc) is 3.15. The molecule has 1 N–H and O–H groups in total. The van der Waals surface area contributed by atoms with E-state index in [4.69, 9.17) is 18.9 Å². The highest BCUT2D eigenvalue weighted by molar-refractivity contribution is 5.99. The minimum absolute atomic E-state index is 0.252. The molecule has 1 aromatic carbocycles. The van der Waals surface area contributed by atoms with E-state index in [9.17, 15) is 9.90 Å². The van der Waals surface area contributed by atoms with E-state index in [-0.39, 0.29) is 18.5 Å². The Bertz CT molecular complexity index is 963. The number of benzene rings is 1. The molecule has 0 fully saturated rings. The highest BCUT2D eigenvalue weighted by Gasteiger charge is 2.41. The van der Waals surface area contributed by atoms with Crippen molar-refractivity contribution in [3.8, 4) is 17.2 Å². The molecular weight excluding hydrogens is 396 g/mol. The number of hydrogen-bond donors (Lipinski definition) is 1. The van der Waals surface area contributed by atoms with Gasteiger partial charge in [0.1, 0.15) is 23.4 Å². The molecule has 0 saturated heterocycles. The van der Waals surface area contributed by atoms with Gasteiger partial charge < -0.3 is 24.1 Å². The molecule has 3 aliphatic rings. The van der Waals surface area contributed by atoms with Crippen molar-refractivity contribution in [1.82, 2.24) is 0 Å². The van der Waals surface area contributed by atoms with Gasteiger partial charge in [-0.1, -0.05) is 19.9 Å². The second-order valence-electron chi connectivity index (χ2n) is 9.38. The molecule has 0 amide bonds. The van der Waals surface area contributed by atoms with Crippen LogP contribution in [0.4, 0.5) is 0 Å². The molecule has 0 saturated carbocycles. The molecule has 168 valence electrons. The Morgan fingerprint density at radius 1 is 1.32 bits per heavy atom. The highest BCUT2D eigenvalue weighted by Crippen LogP contribution is 2.54. The van der Waals surface area contributed by atoms with Gasteiger partial charge in [0, 0.05) is 23.6 Å². The van der Waals surface area contributed by atoms with Gasteiger partial charge in [0.15, 0.2) is 0 Å². The van der Waals surface area contributed by atoms with Crippen LogP contribution in [-0.2, 0) is 16.0 Å². The Hall–Kier alpha value is -2.47. The van der Waals surface area contributed by atoms with Crippen molar-refractivity contribution in [2.75, 3.05) is 13.7 Å². The molecule has 4 rings (SSSR count). The van der Waals surface area contributed by atoms with E-state index in [1.54, 1.807) is 27.9 Å². The van der Waals surface area contributed by atoms with Crippen molar-refractivity contribution in [1.29, 1.82) is 0 Å². The number of fused-ring (bicyclic) bond motifs is 4. The first kappa shape index (κ1) is 21.8. The minimum Gasteiger partial charge on any atom is -0.496 e. The van der Waals surface area contributed by atoms with Gasteiger partial charge in [-0.25, -0.2) is 4.79 Å². The minimum atomic E-state index is -1.00. The summed E-state index contributed by atoms with van der Waals surface area (Å²) in [6.07, 6.45) is 4.10. The molecule has 6 nitrogen and oxygen atoms in total. The summed E-state index contributed by atoms with van der Waals surface area (Å²) in [6, 6.07) is 1.81. The molecule has 6 heteroatoms. The summed E-state index contributed by atoms with van der Waals surface area (Å²) in [6.45, 7) is 9.97. The average molecular weight is 429 g/mol. The molecule has 2 heterocycles. The maximum absolute atomic E-state index is 12.7. The van der Waals surface area contributed by atoms with E-state index >= 15 is 0 Å². The zero-order valence-corrected chi connectivity index (χ0v) is 19.2. The third kappa shape index (κ3) is 3.71. The molecule has 2 aliphatic heterocycles. The Morgan fingerprint density at radius 3 is 2.68 bits per heavy atom. The summed E-state index contributed by atoms with van der Waals surface area (Å²) in [7, 11) is 1.64. The summed E-state index contributed by atoms with van der Waals surface area (Å²) in [5.74, 6) is 2.51. The van der Waals surface area contributed by atoms with Gasteiger partial charge >= 0.3 is 5.97 Å². The van der Waals surface area contributed by atoms with Gasteiger partial charge in [0.2, 0.25) is 5.76 Å². The normalized spacial score (nSPS) is 22.1. The number of rotatable bonds is 5. The third-order valence-corrected chi connectivity index (χ3v) is 6.46. The number of ether oxygens (including phenoxy) is 4. The van der Waals surface area contributed by atoms with E-state index in [2.05, 4.69) is 19.9 Å². The van der Waals surface area contributed by atoms with Crippen LogP contribution in [0, 0.1) is 11.8 Å². The van der Waals surface area contributed by atoms with Crippen LogP contribution in [0.25, 0.3) is 5.57 Å². The Balaban J connectivity index is 1.89. The highest BCUT2D eigenvalue weighted by atomic mass is 16.6. The Morgan fingerprint density at radius 2 is 2.06 bits per heavy atom. The molecular formula is C25H32O6. The van der Waals surface area contributed by atoms with E-state index < -0.39 is 11.6 Å². The quantitative estimate of drug-likeness (QED) is 0.700. The summed E-state index contributed by atoms with van der Waals surface area (Å²) in [4.78, 5) is 12.7. The van der Waals surface area contributed by atoms with Crippen molar-refractivity contribution >= 4 is 11.5 Å². The Kier molecular flexibility index (Phi) is 5.54. The zero-order valence-electron chi connectivity index (χ0n) is 19.2. The first-order valence-corrected chi connectivity index (χ1v) is 11.1. The lowest BCUT2D eigenvalue weighted by Crippen LogP contribution is -2.39. The molecule has 1 aliphatic carbocycles. The predicted octanol–water partition coefficient (Wildman–Crippen LogP) is 4.43. The van der Waals surface area contributed by atoms with Crippen LogP contribution < -0.4 is 14.2 Å². The summed E-state index contributed by atoms with van der Waals surface area (Å²) in [5.41, 5.74) is 2.63. The maximum Gasteiger partial charge on any atom is 0.374 e. The number of methoxy groups -OCH3 is 1. The van der Waals surface area contributed by atoms with Crippen LogP contribution >= 0.6 is 0 Å². The van der Waals surface area contributed by atoms with Gasteiger partial charge in [-0.15, -0.1) is 0 Å². The fourth-order valence-electron chi connectivity index (χ4n) is 4.66. The van der Waals surface area contributed by atoms with Gasteiger partial charge in [-0.2, -0.15) is 0 Å². The lowest BCUT2D eigenvalue weighted by Gasteiger charge is -2.32. The SMILES string of the molecule is CCOC(=O)C1=C2CC[C@@H](C(C)C)C=C2c2c(cc3c(c2OC)C[C@@H](C(C)(C)O)O3)O1. The molecule has 0 unspecified atom stereocenters. The number of carbonyl (C=O) groups excluding carboxylic acids is 1. The number of carbonyl (C=O) groups is 1. The van der Waals surface area contributed by atoms with Crippen LogP contribution in [0.3, 0.4) is 0 Å². The van der Waals surface area contributed by atoms with Crippen LogP contribution in [0.2, 0.25) is 0 Å². The van der Waals surface area contributed by atoms with Crippen LogP contribution in [0.5, 0.6) is 17.2 Å². The van der Waals surface area contributed by atoms with Gasteiger partial charge in [0.25, 0.3) is 0 Å². The summed E-state index contributed by atoms with van der Waals surface area (Å²) >= 11 is 0. The Labute approximate surface area is 183 Å². The van der Waals surface area contributed by atoms with E-state index in [1.165, 1.54) is 0 Å². The monoisotopic (exact) mass is 428 g/mol. The molecule has 0 radical (unpaired) electrons. The first-order valence-electron chi connectivity index (χ1n) is 11.1. The second-order valence-corrected chi connectivity index (χ2v) is 9.38. The number of allylic oxidation sites excluding steroid dienone is 3. The predicted molar refractivity (Wildman–Crippen MR) is 117 cm³/mol. The van der Waals surface area contributed by atoms with E-state index in [0.29, 0.717) is 35.5 Å². The maximum atomic E-state index is 12.7. The zero-order chi connectivity index (χ0) is 22.5. The molecule has 0 spiro atoms. The largest absolute Gasteiger partial charge is 0.496 e. The van der Waals surface area contributed by atoms with Crippen molar-refractivity contribution in [2.24, 2.45) is 11.8 Å². The molecule has 31 heavy (non-hydrogen) atoms. The van der Waals surface area contributed by atoms with Crippen LogP contribution in [0.15, 0.2) is 23.5 Å². The first-order chi connectivity index (χ1) is 14.7. The van der Waals surface area contributed by atoms with Crippen molar-refractivity contribution in [3.63, 3.8) is 0 Å². The molecule has 0 aromatic heterocycles. The standard InChI is InChI=1S/C25H32O6/c1-7-29-24(26)23-15-9-8-14(13(2)3)10-16(15)21-19(31-23)12-18-17(22(21)28-6)11-20(30-18)25(4,5)27/h10,12-14,20,27H,7-9,11H2,1-6H3/t14-,20+/m1/s1. The van der Waals surface area contributed by atoms with Crippen LogP contribution in [0.1, 0.15) is 58.6 Å². The van der Waals surface area contributed by atoms with Gasteiger partial charge in [0.05, 0.1) is 24.9 Å². The lowest BCUT2D eigenvalue weighted by atomic mass is 9.77. The van der Waals surface area contributed by atoms with Gasteiger partial charge in [-0.05, 0) is 51.0 Å². The third-order valence-electron chi connectivity index (χ3n) is 6.46. The molecule has 1 aromatic rings. The number of aliphatic hydroxyl groups is 1. The second kappa shape index (κ2) is 7.90. The fraction of sp³-hybridized carbons (Fsp3) is 0.560. The topological polar surface area (TPSA) is 74.2 Å². The molecule has 2 atom stereocenters. The van der Waals surface area contributed by atoms with Gasteiger partial charge in [-0.3, -0.25) is 0 Å². The van der Waals surface area contributed by atoms with Crippen LogP contribution in [-0.4, -0.2) is 36.5 Å². The molecule has 0 bridgehead atoms. The number of esters is 1. The lowest BCUT2D eigenvalue weighted by molar-refractivity contribution is -0.141. The van der Waals surface area contributed by atoms with E-state index in [1.807, 2.05) is 6.07 Å². The smallest absolute Gasteiger partial charge is 0.374 e. The van der Waals surface area contributed by atoms with Crippen molar-refractivity contribution in [2.45, 2.75) is 65.6 Å². The summed E-state index contributed by atoms with van der Waals surface area (Å²) < 4.78 is 23.4. The number of hydrogen-bond acceptors (Lipinski definition) is 6. The fourth-order valence-corrected chi connectivity index (χ4v) is 4.66. The van der Waals surface area contributed by atoms with Crippen molar-refractivity contribution in [3.05, 3.63) is 34.6 Å². The summed E-state index contributed by atoms with van der Waals surface area (Å²) in [5, 5.41) is 10.5. The van der Waals surface area contributed by atoms with Crippen molar-refractivity contribution < 1.29 is 28.8 Å².